The van der Waals surface area contributed by atoms with E-state index in [0.717, 1.165) is 12.5 Å². The van der Waals surface area contributed by atoms with Crippen molar-refractivity contribution < 1.29 is 86.2 Å². The summed E-state index contributed by atoms with van der Waals surface area (Å²) in [6, 6.07) is 0. The molecular weight excluding hydrogens is 658 g/mol. The van der Waals surface area contributed by atoms with Gasteiger partial charge in [0.1, 0.15) is 0 Å². The first-order chi connectivity index (χ1) is 17.8. The van der Waals surface area contributed by atoms with E-state index < -0.39 is 89.1 Å². The monoisotopic (exact) mass is 684 g/mol. The van der Waals surface area contributed by atoms with Crippen LogP contribution in [0.5, 0.6) is 0 Å². The van der Waals surface area contributed by atoms with Crippen LogP contribution in [0.2, 0.25) is 0 Å². The van der Waals surface area contributed by atoms with Gasteiger partial charge in [0, 0.05) is 0 Å². The molecule has 2 aliphatic heterocycles. The van der Waals surface area contributed by atoms with Crippen LogP contribution in [0.1, 0.15) is 25.7 Å². The zero-order valence-corrected chi connectivity index (χ0v) is 23.8. The van der Waals surface area contributed by atoms with Gasteiger partial charge in [0.15, 0.2) is 0 Å². The standard InChI is InChI=1S/2C8H13F3O7S2/c2*1-19(12,13)16-4-6-2-3-7(18-6)5-17-20(14,15)8(9,10)11/h2*6-7H,2-5H2,1H3/t6-,7+;6-,7-/m00/s1. The van der Waals surface area contributed by atoms with Crippen molar-refractivity contribution in [2.45, 2.75) is 61.1 Å². The Hall–Kier alpha value is -0.860. The van der Waals surface area contributed by atoms with Crippen molar-refractivity contribution >= 4 is 40.5 Å². The summed E-state index contributed by atoms with van der Waals surface area (Å²) in [4.78, 5) is 0. The van der Waals surface area contributed by atoms with Gasteiger partial charge in [-0.2, -0.15) is 60.0 Å². The summed E-state index contributed by atoms with van der Waals surface area (Å²) < 4.78 is 184. The van der Waals surface area contributed by atoms with Crippen molar-refractivity contribution in [1.29, 1.82) is 0 Å². The number of ether oxygens (including phenoxy) is 2. The van der Waals surface area contributed by atoms with Gasteiger partial charge in [-0.15, -0.1) is 0 Å². The average molecular weight is 685 g/mol. The number of hydrogen-bond acceptors (Lipinski definition) is 14. The third kappa shape index (κ3) is 13.9. The zero-order chi connectivity index (χ0) is 31.2. The SMILES string of the molecule is CS(=O)(=O)OC[C@@H]1CC[C@@H](COS(=O)(=O)C(F)(F)F)O1.CS(=O)(=O)OC[C@@H]1CC[C@H](COS(=O)(=O)C(F)(F)F)O1. The molecule has 14 nitrogen and oxygen atoms in total. The van der Waals surface area contributed by atoms with Crippen LogP contribution in [-0.2, 0) is 66.7 Å². The maximum Gasteiger partial charge on any atom is 0.523 e. The molecule has 0 aromatic rings. The van der Waals surface area contributed by atoms with Crippen LogP contribution < -0.4 is 0 Å². The highest BCUT2D eigenvalue weighted by molar-refractivity contribution is 7.88. The lowest BCUT2D eigenvalue weighted by Crippen LogP contribution is -2.29. The fraction of sp³-hybridized carbons (Fsp3) is 1.00. The highest BCUT2D eigenvalue weighted by Crippen LogP contribution is 2.28. The molecule has 0 saturated carbocycles. The number of rotatable bonds is 12. The van der Waals surface area contributed by atoms with Gasteiger partial charge in [-0.25, -0.2) is 0 Å². The van der Waals surface area contributed by atoms with Crippen molar-refractivity contribution in [2.75, 3.05) is 38.9 Å². The minimum atomic E-state index is -5.65. The summed E-state index contributed by atoms with van der Waals surface area (Å²) in [6.07, 6.45) is -0.155. The highest BCUT2D eigenvalue weighted by atomic mass is 32.2. The molecule has 24 heteroatoms. The normalized spacial score (nSPS) is 25.0. The molecule has 0 N–H and O–H groups in total. The van der Waals surface area contributed by atoms with Crippen LogP contribution in [0.3, 0.4) is 0 Å². The Morgan fingerprint density at radius 3 is 0.950 bits per heavy atom. The average Bonchev–Trinajstić information content (AvgIpc) is 3.41. The molecule has 4 atom stereocenters. The molecule has 2 heterocycles. The molecule has 40 heavy (non-hydrogen) atoms. The first-order valence-electron chi connectivity index (χ1n) is 10.7. The van der Waals surface area contributed by atoms with Crippen molar-refractivity contribution in [3.8, 4) is 0 Å². The van der Waals surface area contributed by atoms with Crippen LogP contribution in [0.25, 0.3) is 0 Å². The predicted molar refractivity (Wildman–Crippen MR) is 119 cm³/mol. The smallest absolute Gasteiger partial charge is 0.370 e. The third-order valence-electron chi connectivity index (χ3n) is 4.71. The lowest BCUT2D eigenvalue weighted by Gasteiger charge is -2.14. The van der Waals surface area contributed by atoms with E-state index in [2.05, 4.69) is 16.7 Å². The van der Waals surface area contributed by atoms with E-state index in [1.165, 1.54) is 0 Å². The lowest BCUT2D eigenvalue weighted by molar-refractivity contribution is -0.0596. The number of halogens is 6. The third-order valence-corrected chi connectivity index (χ3v) is 7.87. The summed E-state index contributed by atoms with van der Waals surface area (Å²) in [5.74, 6) is 0. The minimum Gasteiger partial charge on any atom is -0.370 e. The largest absolute Gasteiger partial charge is 0.523 e. The molecule has 2 fully saturated rings. The molecular formula is C16H26F6O14S4. The molecule has 0 aliphatic carbocycles. The quantitative estimate of drug-likeness (QED) is 0.159. The molecule has 0 aromatic heterocycles. The van der Waals surface area contributed by atoms with E-state index in [1.807, 2.05) is 0 Å². The maximum absolute atomic E-state index is 12.0. The minimum absolute atomic E-state index is 0.241. The van der Waals surface area contributed by atoms with E-state index in [9.17, 15) is 60.0 Å². The van der Waals surface area contributed by atoms with Crippen LogP contribution in [0.15, 0.2) is 0 Å². The van der Waals surface area contributed by atoms with Crippen molar-refractivity contribution in [3.63, 3.8) is 0 Å². The second-order valence-electron chi connectivity index (χ2n) is 8.26. The molecule has 0 amide bonds. The van der Waals surface area contributed by atoms with Crippen LogP contribution in [0.4, 0.5) is 26.3 Å². The lowest BCUT2D eigenvalue weighted by atomic mass is 10.2. The predicted octanol–water partition coefficient (Wildman–Crippen LogP) is 0.753. The van der Waals surface area contributed by atoms with E-state index in [-0.39, 0.29) is 26.1 Å². The molecule has 240 valence electrons. The Bertz CT molecular complexity index is 1150. The Morgan fingerprint density at radius 2 is 0.750 bits per heavy atom. The van der Waals surface area contributed by atoms with Crippen LogP contribution in [0, 0.1) is 0 Å². The van der Waals surface area contributed by atoms with Gasteiger partial charge in [-0.3, -0.25) is 16.7 Å². The summed E-state index contributed by atoms with van der Waals surface area (Å²) in [7, 11) is -18.6. The first kappa shape index (κ1) is 37.2. The number of hydrogen-bond donors (Lipinski definition) is 0. The molecule has 0 radical (unpaired) electrons. The Balaban J connectivity index is 0.000000400. The molecule has 2 saturated heterocycles. The zero-order valence-electron chi connectivity index (χ0n) is 20.6. The summed E-state index contributed by atoms with van der Waals surface area (Å²) in [6.45, 7) is -2.11. The second kappa shape index (κ2) is 14.1. The summed E-state index contributed by atoms with van der Waals surface area (Å²) in [5, 5.41) is 0. The molecule has 0 aromatic carbocycles. The van der Waals surface area contributed by atoms with Crippen LogP contribution >= 0.6 is 0 Å². The molecule has 0 unspecified atom stereocenters. The van der Waals surface area contributed by atoms with Gasteiger partial charge in [0.2, 0.25) is 0 Å². The Labute approximate surface area is 226 Å². The molecule has 0 bridgehead atoms. The van der Waals surface area contributed by atoms with Gasteiger partial charge < -0.3 is 9.47 Å². The van der Waals surface area contributed by atoms with Crippen molar-refractivity contribution in [2.24, 2.45) is 0 Å². The van der Waals surface area contributed by atoms with Crippen LogP contribution in [-0.4, -0.2) is 108 Å². The second-order valence-corrected chi connectivity index (χ2v) is 14.8. The van der Waals surface area contributed by atoms with Gasteiger partial charge in [-0.1, -0.05) is 0 Å². The van der Waals surface area contributed by atoms with Crippen molar-refractivity contribution in [1.82, 2.24) is 0 Å². The van der Waals surface area contributed by atoms with E-state index in [0.29, 0.717) is 12.8 Å². The Kier molecular flexibility index (Phi) is 13.1. The summed E-state index contributed by atoms with van der Waals surface area (Å²) >= 11 is 0. The van der Waals surface area contributed by atoms with E-state index in [4.69, 9.17) is 9.47 Å². The van der Waals surface area contributed by atoms with Gasteiger partial charge >= 0.3 is 31.3 Å². The summed E-state index contributed by atoms with van der Waals surface area (Å²) in [5.41, 5.74) is -11.0. The molecule has 2 aliphatic rings. The van der Waals surface area contributed by atoms with E-state index in [1.54, 1.807) is 0 Å². The molecule has 0 spiro atoms. The Morgan fingerprint density at radius 1 is 0.525 bits per heavy atom. The van der Waals surface area contributed by atoms with Crippen molar-refractivity contribution in [3.05, 3.63) is 0 Å². The topological polar surface area (TPSA) is 192 Å². The van der Waals surface area contributed by atoms with Gasteiger partial charge in [0.05, 0.1) is 63.4 Å². The molecule has 2 rings (SSSR count). The fourth-order valence-electron chi connectivity index (χ4n) is 2.91. The van der Waals surface area contributed by atoms with Gasteiger partial charge in [-0.05, 0) is 25.7 Å². The maximum atomic E-state index is 12.0. The fourth-order valence-corrected chi connectivity index (χ4v) is 4.64. The van der Waals surface area contributed by atoms with E-state index >= 15 is 0 Å². The number of alkyl halides is 6. The van der Waals surface area contributed by atoms with Gasteiger partial charge in [0.25, 0.3) is 20.2 Å². The first-order valence-corrected chi connectivity index (χ1v) is 17.2. The highest BCUT2D eigenvalue weighted by Gasteiger charge is 2.48.